The van der Waals surface area contributed by atoms with Crippen LogP contribution < -0.4 is 15.4 Å². The summed E-state index contributed by atoms with van der Waals surface area (Å²) in [6.07, 6.45) is -4.37. The van der Waals surface area contributed by atoms with Crippen molar-refractivity contribution in [2.24, 2.45) is 5.92 Å². The molecule has 1 amide bonds. The number of rotatable bonds is 5. The summed E-state index contributed by atoms with van der Waals surface area (Å²) < 4.78 is 40.5. The van der Waals surface area contributed by atoms with E-state index in [9.17, 15) is 18.0 Å². The summed E-state index contributed by atoms with van der Waals surface area (Å²) >= 11 is 0. The van der Waals surface area contributed by atoms with Gasteiger partial charge in [0, 0.05) is 31.1 Å². The molecule has 1 aliphatic heterocycles. The molecule has 0 aliphatic carbocycles. The van der Waals surface area contributed by atoms with E-state index in [2.05, 4.69) is 15.4 Å². The molecule has 1 heterocycles. The fourth-order valence-corrected chi connectivity index (χ4v) is 1.70. The van der Waals surface area contributed by atoms with Crippen molar-refractivity contribution in [3.05, 3.63) is 29.8 Å². The summed E-state index contributed by atoms with van der Waals surface area (Å²) in [4.78, 5) is 11.8. The summed E-state index contributed by atoms with van der Waals surface area (Å²) in [6.45, 7) is 1.04. The number of halogens is 3. The van der Waals surface area contributed by atoms with E-state index in [-0.39, 0.29) is 11.7 Å². The molecule has 0 atom stereocenters. The Hall–Kier alpha value is -1.76. The molecule has 1 aromatic rings. The first-order valence-corrected chi connectivity index (χ1v) is 6.22. The van der Waals surface area contributed by atoms with Crippen molar-refractivity contribution in [2.45, 2.75) is 6.18 Å². The fraction of sp³-hybridized carbons (Fsp3) is 0.462. The average molecular weight is 288 g/mol. The lowest BCUT2D eigenvalue weighted by molar-refractivity contribution is -0.153. The third kappa shape index (κ3) is 4.41. The van der Waals surface area contributed by atoms with E-state index in [1.807, 2.05) is 0 Å². The number of carbonyl (C=O) groups is 1. The molecule has 2 rings (SSSR count). The molecular weight excluding hydrogens is 273 g/mol. The van der Waals surface area contributed by atoms with E-state index >= 15 is 0 Å². The van der Waals surface area contributed by atoms with Crippen LogP contribution in [-0.2, 0) is 0 Å². The summed E-state index contributed by atoms with van der Waals surface area (Å²) in [5.41, 5.74) is 0.400. The van der Waals surface area contributed by atoms with Crippen LogP contribution in [0.3, 0.4) is 0 Å². The maximum atomic E-state index is 12.0. The van der Waals surface area contributed by atoms with Gasteiger partial charge in [-0.2, -0.15) is 13.2 Å². The van der Waals surface area contributed by atoms with Gasteiger partial charge < -0.3 is 15.4 Å². The van der Waals surface area contributed by atoms with E-state index < -0.39 is 12.8 Å². The van der Waals surface area contributed by atoms with Gasteiger partial charge in [-0.3, -0.25) is 4.79 Å². The first kappa shape index (κ1) is 14.6. The number of alkyl halides is 3. The van der Waals surface area contributed by atoms with Crippen LogP contribution in [0.5, 0.6) is 5.75 Å². The van der Waals surface area contributed by atoms with Gasteiger partial charge in [-0.15, -0.1) is 0 Å². The Labute approximate surface area is 114 Å². The monoisotopic (exact) mass is 288 g/mol. The highest BCUT2D eigenvalue weighted by atomic mass is 19.4. The molecule has 0 radical (unpaired) electrons. The molecular formula is C13H15F3N2O2. The predicted molar refractivity (Wildman–Crippen MR) is 66.7 cm³/mol. The van der Waals surface area contributed by atoms with Gasteiger partial charge in [-0.05, 0) is 24.3 Å². The normalized spacial score (nSPS) is 15.6. The van der Waals surface area contributed by atoms with Crippen molar-refractivity contribution in [3.8, 4) is 5.75 Å². The molecule has 20 heavy (non-hydrogen) atoms. The molecule has 7 heteroatoms. The number of carbonyl (C=O) groups excluding carboxylic acids is 1. The summed E-state index contributed by atoms with van der Waals surface area (Å²) in [7, 11) is 0. The molecule has 0 aromatic heterocycles. The topological polar surface area (TPSA) is 50.4 Å². The zero-order valence-electron chi connectivity index (χ0n) is 10.7. The number of nitrogens with one attached hydrogen (secondary N) is 2. The summed E-state index contributed by atoms with van der Waals surface area (Å²) in [5.74, 6) is 0.301. The third-order valence-corrected chi connectivity index (χ3v) is 2.94. The Morgan fingerprint density at radius 2 is 1.95 bits per heavy atom. The highest BCUT2D eigenvalue weighted by Crippen LogP contribution is 2.18. The predicted octanol–water partition coefficient (Wildman–Crippen LogP) is 1.58. The Morgan fingerprint density at radius 3 is 2.45 bits per heavy atom. The van der Waals surface area contributed by atoms with Gasteiger partial charge in [0.25, 0.3) is 5.91 Å². The first-order valence-electron chi connectivity index (χ1n) is 6.22. The SMILES string of the molecule is O=C(NCC1CNC1)c1ccc(OCC(F)(F)F)cc1. The first-order chi connectivity index (χ1) is 9.44. The molecule has 110 valence electrons. The molecule has 1 aromatic carbocycles. The summed E-state index contributed by atoms with van der Waals surface area (Å²) in [6, 6.07) is 5.59. The number of benzene rings is 1. The van der Waals surface area contributed by atoms with E-state index in [0.29, 0.717) is 18.0 Å². The molecule has 0 spiro atoms. The van der Waals surface area contributed by atoms with Crippen LogP contribution in [0.2, 0.25) is 0 Å². The van der Waals surface area contributed by atoms with Gasteiger partial charge in [-0.25, -0.2) is 0 Å². The Balaban J connectivity index is 1.82. The molecule has 0 bridgehead atoms. The van der Waals surface area contributed by atoms with Crippen LogP contribution in [0.25, 0.3) is 0 Å². The van der Waals surface area contributed by atoms with Gasteiger partial charge in [0.1, 0.15) is 5.75 Å². The molecule has 1 aliphatic rings. The molecule has 0 unspecified atom stereocenters. The standard InChI is InChI=1S/C13H15F3N2O2/c14-13(15,16)8-20-11-3-1-10(2-4-11)12(19)18-7-9-5-17-6-9/h1-4,9,17H,5-8H2,(H,18,19). The van der Waals surface area contributed by atoms with Crippen molar-refractivity contribution in [1.82, 2.24) is 10.6 Å². The van der Waals surface area contributed by atoms with Gasteiger partial charge >= 0.3 is 6.18 Å². The van der Waals surface area contributed by atoms with E-state index in [0.717, 1.165) is 13.1 Å². The highest BCUT2D eigenvalue weighted by Gasteiger charge is 2.28. The Morgan fingerprint density at radius 1 is 1.30 bits per heavy atom. The third-order valence-electron chi connectivity index (χ3n) is 2.94. The van der Waals surface area contributed by atoms with Crippen LogP contribution in [-0.4, -0.2) is 38.3 Å². The maximum absolute atomic E-state index is 12.0. The minimum absolute atomic E-state index is 0.0852. The molecule has 0 saturated carbocycles. The van der Waals surface area contributed by atoms with Crippen LogP contribution >= 0.6 is 0 Å². The second-order valence-corrected chi connectivity index (χ2v) is 4.66. The molecule has 2 N–H and O–H groups in total. The van der Waals surface area contributed by atoms with Gasteiger partial charge in [-0.1, -0.05) is 0 Å². The van der Waals surface area contributed by atoms with Gasteiger partial charge in [0.15, 0.2) is 6.61 Å². The van der Waals surface area contributed by atoms with Gasteiger partial charge in [0.05, 0.1) is 0 Å². The van der Waals surface area contributed by atoms with E-state index in [1.165, 1.54) is 24.3 Å². The van der Waals surface area contributed by atoms with Crippen molar-refractivity contribution in [1.29, 1.82) is 0 Å². The number of amides is 1. The smallest absolute Gasteiger partial charge is 0.422 e. The maximum Gasteiger partial charge on any atom is 0.422 e. The number of hydrogen-bond acceptors (Lipinski definition) is 3. The molecule has 1 fully saturated rings. The number of hydrogen-bond donors (Lipinski definition) is 2. The number of ether oxygens (including phenoxy) is 1. The largest absolute Gasteiger partial charge is 0.484 e. The molecule has 1 saturated heterocycles. The van der Waals surface area contributed by atoms with E-state index in [4.69, 9.17) is 0 Å². The van der Waals surface area contributed by atoms with Crippen LogP contribution in [0.4, 0.5) is 13.2 Å². The van der Waals surface area contributed by atoms with Crippen molar-refractivity contribution in [2.75, 3.05) is 26.2 Å². The second kappa shape index (κ2) is 6.13. The average Bonchev–Trinajstić information content (AvgIpc) is 2.34. The highest BCUT2D eigenvalue weighted by molar-refractivity contribution is 5.94. The van der Waals surface area contributed by atoms with Crippen LogP contribution in [0.15, 0.2) is 24.3 Å². The van der Waals surface area contributed by atoms with Crippen LogP contribution in [0.1, 0.15) is 10.4 Å². The Bertz CT molecular complexity index is 456. The van der Waals surface area contributed by atoms with Crippen molar-refractivity contribution >= 4 is 5.91 Å². The van der Waals surface area contributed by atoms with E-state index in [1.54, 1.807) is 0 Å². The minimum Gasteiger partial charge on any atom is -0.484 e. The van der Waals surface area contributed by atoms with Crippen molar-refractivity contribution in [3.63, 3.8) is 0 Å². The summed E-state index contributed by atoms with van der Waals surface area (Å²) in [5, 5.41) is 5.88. The fourth-order valence-electron chi connectivity index (χ4n) is 1.70. The van der Waals surface area contributed by atoms with Gasteiger partial charge in [0.2, 0.25) is 0 Å². The lowest BCUT2D eigenvalue weighted by atomic mass is 10.0. The quantitative estimate of drug-likeness (QED) is 0.865. The minimum atomic E-state index is -4.37. The Kier molecular flexibility index (Phi) is 4.49. The van der Waals surface area contributed by atoms with Crippen LogP contribution in [0, 0.1) is 5.92 Å². The molecule has 4 nitrogen and oxygen atoms in total. The van der Waals surface area contributed by atoms with Crippen molar-refractivity contribution < 1.29 is 22.7 Å². The lowest BCUT2D eigenvalue weighted by Gasteiger charge is -2.27. The zero-order chi connectivity index (χ0) is 14.6. The second-order valence-electron chi connectivity index (χ2n) is 4.66. The lowest BCUT2D eigenvalue weighted by Crippen LogP contribution is -2.48. The zero-order valence-corrected chi connectivity index (χ0v) is 10.7.